The molecule has 2 aromatic rings. The van der Waals surface area contributed by atoms with Gasteiger partial charge in [-0.05, 0) is 18.2 Å². The highest BCUT2D eigenvalue weighted by Gasteiger charge is 2.20. The van der Waals surface area contributed by atoms with Crippen LogP contribution in [0.4, 0.5) is 11.4 Å². The summed E-state index contributed by atoms with van der Waals surface area (Å²) in [6.07, 6.45) is 1.41. The molecule has 0 atom stereocenters. The van der Waals surface area contributed by atoms with Gasteiger partial charge in [0.25, 0.3) is 0 Å². The van der Waals surface area contributed by atoms with E-state index in [1.165, 1.54) is 12.3 Å². The fourth-order valence-corrected chi connectivity index (χ4v) is 1.57. The van der Waals surface area contributed by atoms with Gasteiger partial charge in [-0.2, -0.15) is 5.26 Å². The van der Waals surface area contributed by atoms with Crippen LogP contribution in [-0.4, -0.2) is 9.91 Å². The summed E-state index contributed by atoms with van der Waals surface area (Å²) in [5, 5.41) is 19.7. The highest BCUT2D eigenvalue weighted by molar-refractivity contribution is 5.77. The lowest BCUT2D eigenvalue weighted by molar-refractivity contribution is -0.383. The van der Waals surface area contributed by atoms with Gasteiger partial charge >= 0.3 is 5.69 Å². The van der Waals surface area contributed by atoms with Gasteiger partial charge in [-0.1, -0.05) is 12.1 Å². The van der Waals surface area contributed by atoms with Crippen molar-refractivity contribution in [1.29, 1.82) is 5.26 Å². The summed E-state index contributed by atoms with van der Waals surface area (Å²) < 4.78 is 0. The Kier molecular flexibility index (Phi) is 2.89. The number of anilines is 1. The van der Waals surface area contributed by atoms with Crippen molar-refractivity contribution in [2.24, 2.45) is 0 Å². The Hall–Kier alpha value is -2.94. The number of nitro groups is 1. The summed E-state index contributed by atoms with van der Waals surface area (Å²) in [6, 6.07) is 9.71. The molecule has 0 unspecified atom stereocenters. The van der Waals surface area contributed by atoms with E-state index in [1.54, 1.807) is 24.3 Å². The topological polar surface area (TPSA) is 106 Å². The second-order valence-corrected chi connectivity index (χ2v) is 3.54. The maximum atomic E-state index is 11.0. The van der Waals surface area contributed by atoms with Crippen LogP contribution < -0.4 is 5.73 Å². The van der Waals surface area contributed by atoms with Gasteiger partial charge < -0.3 is 5.73 Å². The van der Waals surface area contributed by atoms with Gasteiger partial charge in [-0.15, -0.1) is 0 Å². The van der Waals surface area contributed by atoms with Crippen molar-refractivity contribution >= 4 is 11.4 Å². The number of nitrogen functional groups attached to an aromatic ring is 1. The van der Waals surface area contributed by atoms with E-state index in [2.05, 4.69) is 4.98 Å². The van der Waals surface area contributed by atoms with Crippen LogP contribution in [0.25, 0.3) is 11.3 Å². The zero-order valence-corrected chi connectivity index (χ0v) is 9.20. The Labute approximate surface area is 102 Å². The molecule has 0 spiro atoms. The lowest BCUT2D eigenvalue weighted by atomic mass is 10.1. The van der Waals surface area contributed by atoms with Crippen molar-refractivity contribution < 1.29 is 4.92 Å². The van der Waals surface area contributed by atoms with Crippen molar-refractivity contribution in [2.75, 3.05) is 5.73 Å². The van der Waals surface area contributed by atoms with Gasteiger partial charge in [-0.3, -0.25) is 10.1 Å². The number of aromatic nitrogens is 1. The van der Waals surface area contributed by atoms with Crippen LogP contribution in [-0.2, 0) is 0 Å². The highest BCUT2D eigenvalue weighted by atomic mass is 16.6. The molecule has 18 heavy (non-hydrogen) atoms. The predicted octanol–water partition coefficient (Wildman–Crippen LogP) is 2.11. The fraction of sp³-hybridized carbons (Fsp3) is 0. The number of rotatable bonds is 2. The molecule has 6 heteroatoms. The van der Waals surface area contributed by atoms with Crippen LogP contribution in [0.2, 0.25) is 0 Å². The van der Waals surface area contributed by atoms with E-state index in [0.29, 0.717) is 11.1 Å². The first kappa shape index (κ1) is 11.5. The van der Waals surface area contributed by atoms with E-state index >= 15 is 0 Å². The van der Waals surface area contributed by atoms with Crippen LogP contribution in [0.5, 0.6) is 0 Å². The number of nitrogens with zero attached hydrogens (tertiary/aromatic N) is 3. The molecule has 0 fully saturated rings. The van der Waals surface area contributed by atoms with Crippen molar-refractivity contribution in [3.8, 4) is 17.3 Å². The summed E-state index contributed by atoms with van der Waals surface area (Å²) >= 11 is 0. The van der Waals surface area contributed by atoms with Crippen LogP contribution in [0, 0.1) is 21.4 Å². The summed E-state index contributed by atoms with van der Waals surface area (Å²) in [5.74, 6) is 0. The van der Waals surface area contributed by atoms with Gasteiger partial charge in [0.05, 0.1) is 16.6 Å². The van der Waals surface area contributed by atoms with Crippen LogP contribution >= 0.6 is 0 Å². The highest BCUT2D eigenvalue weighted by Crippen LogP contribution is 2.32. The predicted molar refractivity (Wildman–Crippen MR) is 65.5 cm³/mol. The first-order valence-electron chi connectivity index (χ1n) is 5.03. The lowest BCUT2D eigenvalue weighted by Crippen LogP contribution is -1.99. The maximum Gasteiger partial charge on any atom is 0.318 e. The fourth-order valence-electron chi connectivity index (χ4n) is 1.57. The third-order valence-corrected chi connectivity index (χ3v) is 2.43. The molecule has 0 aliphatic heterocycles. The monoisotopic (exact) mass is 240 g/mol. The average molecular weight is 240 g/mol. The summed E-state index contributed by atoms with van der Waals surface area (Å²) in [5.41, 5.74) is 6.65. The quantitative estimate of drug-likeness (QED) is 0.639. The zero-order valence-electron chi connectivity index (χ0n) is 9.20. The third-order valence-electron chi connectivity index (χ3n) is 2.43. The van der Waals surface area contributed by atoms with Crippen LogP contribution in [0.1, 0.15) is 5.56 Å². The number of benzene rings is 1. The van der Waals surface area contributed by atoms with Gasteiger partial charge in [0.15, 0.2) is 0 Å². The Balaban J connectivity index is 2.60. The molecule has 0 aliphatic carbocycles. The maximum absolute atomic E-state index is 11.0. The Morgan fingerprint density at radius 3 is 2.50 bits per heavy atom. The van der Waals surface area contributed by atoms with Crippen LogP contribution in [0.15, 0.2) is 36.5 Å². The largest absolute Gasteiger partial charge is 0.393 e. The molecule has 2 rings (SSSR count). The molecule has 1 heterocycles. The van der Waals surface area contributed by atoms with E-state index in [1.807, 2.05) is 6.07 Å². The summed E-state index contributed by atoms with van der Waals surface area (Å²) in [4.78, 5) is 14.4. The molecule has 88 valence electrons. The molecule has 0 saturated carbocycles. The standard InChI is InChI=1S/C12H8N4O2/c13-7-8-1-3-9(4-2-8)11-12(16(17)18)10(14)5-6-15-11/h1-6H,(H2,14,15). The molecule has 0 bridgehead atoms. The second-order valence-electron chi connectivity index (χ2n) is 3.54. The number of hydrogen-bond donors (Lipinski definition) is 1. The van der Waals surface area contributed by atoms with Gasteiger partial charge in [-0.25, -0.2) is 4.98 Å². The zero-order chi connectivity index (χ0) is 13.1. The summed E-state index contributed by atoms with van der Waals surface area (Å²) in [7, 11) is 0. The number of nitrogens with two attached hydrogens (primary N) is 1. The van der Waals surface area contributed by atoms with E-state index in [4.69, 9.17) is 11.0 Å². The van der Waals surface area contributed by atoms with Gasteiger partial charge in [0.2, 0.25) is 0 Å². The van der Waals surface area contributed by atoms with Crippen LogP contribution in [0.3, 0.4) is 0 Å². The smallest absolute Gasteiger partial charge is 0.318 e. The third kappa shape index (κ3) is 1.97. The first-order valence-corrected chi connectivity index (χ1v) is 5.03. The molecule has 0 aliphatic rings. The minimum Gasteiger partial charge on any atom is -0.393 e. The molecule has 2 N–H and O–H groups in total. The molecule has 1 aromatic heterocycles. The average Bonchev–Trinajstić information content (AvgIpc) is 2.38. The molecule has 0 saturated heterocycles. The molecule has 0 amide bonds. The van der Waals surface area contributed by atoms with Gasteiger partial charge in [0.1, 0.15) is 11.4 Å². The Morgan fingerprint density at radius 2 is 1.94 bits per heavy atom. The minimum absolute atomic E-state index is 0.0642. The van der Waals surface area contributed by atoms with E-state index < -0.39 is 4.92 Å². The number of nitriles is 1. The summed E-state index contributed by atoms with van der Waals surface area (Å²) in [6.45, 7) is 0. The van der Waals surface area contributed by atoms with E-state index in [-0.39, 0.29) is 17.1 Å². The Bertz CT molecular complexity index is 644. The molecular formula is C12H8N4O2. The normalized spacial score (nSPS) is 9.72. The van der Waals surface area contributed by atoms with E-state index in [9.17, 15) is 10.1 Å². The van der Waals surface area contributed by atoms with Crippen molar-refractivity contribution in [3.63, 3.8) is 0 Å². The second kappa shape index (κ2) is 4.51. The molecule has 0 radical (unpaired) electrons. The molecule has 1 aromatic carbocycles. The molecular weight excluding hydrogens is 232 g/mol. The van der Waals surface area contributed by atoms with Crippen molar-refractivity contribution in [1.82, 2.24) is 4.98 Å². The van der Waals surface area contributed by atoms with Crippen molar-refractivity contribution in [2.45, 2.75) is 0 Å². The number of hydrogen-bond acceptors (Lipinski definition) is 5. The molecule has 6 nitrogen and oxygen atoms in total. The van der Waals surface area contributed by atoms with E-state index in [0.717, 1.165) is 0 Å². The first-order chi connectivity index (χ1) is 8.63. The van der Waals surface area contributed by atoms with Crippen molar-refractivity contribution in [3.05, 3.63) is 52.2 Å². The minimum atomic E-state index is -0.560. The SMILES string of the molecule is N#Cc1ccc(-c2nccc(N)c2[N+](=O)[O-])cc1. The lowest BCUT2D eigenvalue weighted by Gasteiger charge is -2.04. The van der Waals surface area contributed by atoms with Gasteiger partial charge in [0, 0.05) is 11.8 Å². The Morgan fingerprint density at radius 1 is 1.28 bits per heavy atom. The number of pyridine rings is 1.